The lowest BCUT2D eigenvalue weighted by Crippen LogP contribution is -2.67. The van der Waals surface area contributed by atoms with E-state index in [1.807, 2.05) is 6.07 Å². The van der Waals surface area contributed by atoms with Crippen molar-refractivity contribution >= 4 is 15.7 Å². The van der Waals surface area contributed by atoms with Crippen LogP contribution in [-0.4, -0.2) is 68.9 Å². The Bertz CT molecular complexity index is 689. The van der Waals surface area contributed by atoms with Gasteiger partial charge in [-0.2, -0.15) is 0 Å². The second kappa shape index (κ2) is 6.84. The molecule has 2 fully saturated rings. The summed E-state index contributed by atoms with van der Waals surface area (Å²) in [5.41, 5.74) is 1.07. The summed E-state index contributed by atoms with van der Waals surface area (Å²) in [5, 5.41) is 0. The van der Waals surface area contributed by atoms with E-state index in [1.165, 1.54) is 11.8 Å². The van der Waals surface area contributed by atoms with Crippen molar-refractivity contribution in [2.75, 3.05) is 44.7 Å². The number of benzene rings is 1. The average molecular weight is 350 g/mol. The van der Waals surface area contributed by atoms with Crippen molar-refractivity contribution in [2.24, 2.45) is 5.41 Å². The molecule has 132 valence electrons. The van der Waals surface area contributed by atoms with Gasteiger partial charge in [-0.05, 0) is 31.4 Å². The van der Waals surface area contributed by atoms with Gasteiger partial charge in [0.15, 0.2) is 0 Å². The van der Waals surface area contributed by atoms with E-state index in [-0.39, 0.29) is 17.1 Å². The zero-order valence-corrected chi connectivity index (χ0v) is 15.1. The minimum absolute atomic E-state index is 0.0620. The van der Waals surface area contributed by atoms with Gasteiger partial charge >= 0.3 is 0 Å². The van der Waals surface area contributed by atoms with Crippen LogP contribution in [0, 0.1) is 5.41 Å². The summed E-state index contributed by atoms with van der Waals surface area (Å²) >= 11 is 0. The standard InChI is InChI=1S/C18H26N2O3S/c1-24(22,23)13-12-20-15-18(17(20)21)9-5-10-19(14-18)11-8-16-6-3-2-4-7-16/h2-4,6-7H,5,8-15H2,1H3/t18-/m1/s1. The third-order valence-electron chi connectivity index (χ3n) is 5.18. The molecule has 2 aliphatic heterocycles. The molecule has 0 radical (unpaired) electrons. The van der Waals surface area contributed by atoms with E-state index in [2.05, 4.69) is 29.2 Å². The number of sulfone groups is 1. The Hall–Kier alpha value is -1.40. The van der Waals surface area contributed by atoms with E-state index in [4.69, 9.17) is 0 Å². The van der Waals surface area contributed by atoms with Gasteiger partial charge in [-0.15, -0.1) is 0 Å². The number of piperidine rings is 1. The highest BCUT2D eigenvalue weighted by Crippen LogP contribution is 2.40. The number of amides is 1. The van der Waals surface area contributed by atoms with E-state index in [1.54, 1.807) is 4.90 Å². The highest BCUT2D eigenvalue weighted by atomic mass is 32.2. The molecule has 1 atom stereocenters. The lowest BCUT2D eigenvalue weighted by Gasteiger charge is -2.53. The number of rotatable bonds is 6. The van der Waals surface area contributed by atoms with Gasteiger partial charge in [0.25, 0.3) is 0 Å². The SMILES string of the molecule is CS(=O)(=O)CCN1C[C@]2(CCCN(CCc3ccccc3)C2)C1=O. The predicted molar refractivity (Wildman–Crippen MR) is 94.5 cm³/mol. The molecule has 0 N–H and O–H groups in total. The van der Waals surface area contributed by atoms with E-state index in [0.717, 1.165) is 38.9 Å². The van der Waals surface area contributed by atoms with Gasteiger partial charge < -0.3 is 9.80 Å². The highest BCUT2D eigenvalue weighted by Gasteiger charge is 2.53. The first-order valence-electron chi connectivity index (χ1n) is 8.61. The maximum absolute atomic E-state index is 12.6. The average Bonchev–Trinajstić information content (AvgIpc) is 2.57. The molecule has 5 nitrogen and oxygen atoms in total. The zero-order valence-electron chi connectivity index (χ0n) is 14.3. The summed E-state index contributed by atoms with van der Waals surface area (Å²) in [6.07, 6.45) is 4.20. The lowest BCUT2D eigenvalue weighted by molar-refractivity contribution is -0.165. The molecular formula is C18H26N2O3S. The van der Waals surface area contributed by atoms with E-state index >= 15 is 0 Å². The summed E-state index contributed by atoms with van der Waals surface area (Å²) in [4.78, 5) is 16.7. The maximum Gasteiger partial charge on any atom is 0.231 e. The number of hydrogen-bond donors (Lipinski definition) is 0. The summed E-state index contributed by atoms with van der Waals surface area (Å²) in [7, 11) is -3.02. The van der Waals surface area contributed by atoms with E-state index < -0.39 is 9.84 Å². The topological polar surface area (TPSA) is 57.7 Å². The first-order valence-corrected chi connectivity index (χ1v) is 10.7. The van der Waals surface area contributed by atoms with Crippen LogP contribution in [0.4, 0.5) is 0 Å². The molecule has 1 spiro atoms. The maximum atomic E-state index is 12.6. The molecule has 0 aromatic heterocycles. The van der Waals surface area contributed by atoms with Gasteiger partial charge in [0.2, 0.25) is 5.91 Å². The van der Waals surface area contributed by atoms with Gasteiger partial charge in [0.05, 0.1) is 11.2 Å². The van der Waals surface area contributed by atoms with Gasteiger partial charge in [-0.1, -0.05) is 30.3 Å². The largest absolute Gasteiger partial charge is 0.340 e. The Labute approximate surface area is 144 Å². The molecule has 24 heavy (non-hydrogen) atoms. The Morgan fingerprint density at radius 1 is 1.12 bits per heavy atom. The molecule has 2 saturated heterocycles. The zero-order chi connectivity index (χ0) is 17.2. The number of carbonyl (C=O) groups excluding carboxylic acids is 1. The van der Waals surface area contributed by atoms with Crippen LogP contribution in [0.5, 0.6) is 0 Å². The molecule has 0 aliphatic carbocycles. The Balaban J connectivity index is 1.51. The van der Waals surface area contributed by atoms with Gasteiger partial charge in [-0.3, -0.25) is 4.79 Å². The smallest absolute Gasteiger partial charge is 0.231 e. The lowest BCUT2D eigenvalue weighted by atomic mass is 9.72. The predicted octanol–water partition coefficient (Wildman–Crippen LogP) is 1.20. The van der Waals surface area contributed by atoms with Crippen LogP contribution in [0.1, 0.15) is 18.4 Å². The minimum atomic E-state index is -3.02. The van der Waals surface area contributed by atoms with Gasteiger partial charge in [0.1, 0.15) is 9.84 Å². The molecule has 3 rings (SSSR count). The highest BCUT2D eigenvalue weighted by molar-refractivity contribution is 7.90. The monoisotopic (exact) mass is 350 g/mol. The fraction of sp³-hybridized carbons (Fsp3) is 0.611. The van der Waals surface area contributed by atoms with Gasteiger partial charge in [-0.25, -0.2) is 8.42 Å². The molecule has 0 bridgehead atoms. The number of carbonyl (C=O) groups is 1. The van der Waals surface area contributed by atoms with Crippen LogP contribution >= 0.6 is 0 Å². The molecule has 1 aromatic rings. The number of β-lactam (4-membered cyclic amide) rings is 1. The number of hydrogen-bond acceptors (Lipinski definition) is 4. The molecule has 6 heteroatoms. The molecular weight excluding hydrogens is 324 g/mol. The van der Waals surface area contributed by atoms with Crippen LogP contribution in [0.3, 0.4) is 0 Å². The molecule has 0 saturated carbocycles. The van der Waals surface area contributed by atoms with Crippen LogP contribution < -0.4 is 0 Å². The fourth-order valence-electron chi connectivity index (χ4n) is 3.86. The quantitative estimate of drug-likeness (QED) is 0.724. The minimum Gasteiger partial charge on any atom is -0.340 e. The Kier molecular flexibility index (Phi) is 4.97. The molecule has 1 amide bonds. The Morgan fingerprint density at radius 2 is 1.88 bits per heavy atom. The molecule has 1 aromatic carbocycles. The second-order valence-electron chi connectivity index (χ2n) is 7.25. The first kappa shape index (κ1) is 17.4. The molecule has 0 unspecified atom stereocenters. The summed E-state index contributed by atoms with van der Waals surface area (Å²) in [5.74, 6) is 0.211. The van der Waals surface area contributed by atoms with Crippen LogP contribution in [0.25, 0.3) is 0 Å². The fourth-order valence-corrected chi connectivity index (χ4v) is 4.41. The number of nitrogens with zero attached hydrogens (tertiary/aromatic N) is 2. The second-order valence-corrected chi connectivity index (χ2v) is 9.51. The third kappa shape index (κ3) is 3.98. The van der Waals surface area contributed by atoms with Crippen molar-refractivity contribution in [1.29, 1.82) is 0 Å². The normalized spacial score (nSPS) is 25.0. The van der Waals surface area contributed by atoms with Crippen LogP contribution in [0.15, 0.2) is 30.3 Å². The summed E-state index contributed by atoms with van der Waals surface area (Å²) < 4.78 is 22.6. The summed E-state index contributed by atoms with van der Waals surface area (Å²) in [6.45, 7) is 3.88. The van der Waals surface area contributed by atoms with Crippen molar-refractivity contribution in [1.82, 2.24) is 9.80 Å². The number of likely N-dealkylation sites (tertiary alicyclic amines) is 2. The van der Waals surface area contributed by atoms with E-state index in [0.29, 0.717) is 13.1 Å². The van der Waals surface area contributed by atoms with Gasteiger partial charge in [0, 0.05) is 32.4 Å². The van der Waals surface area contributed by atoms with Crippen molar-refractivity contribution in [2.45, 2.75) is 19.3 Å². The first-order chi connectivity index (χ1) is 11.4. The van der Waals surface area contributed by atoms with Crippen molar-refractivity contribution < 1.29 is 13.2 Å². The van der Waals surface area contributed by atoms with Crippen LogP contribution in [-0.2, 0) is 21.1 Å². The van der Waals surface area contributed by atoms with Crippen molar-refractivity contribution in [3.63, 3.8) is 0 Å². The molecule has 2 aliphatic rings. The van der Waals surface area contributed by atoms with Crippen molar-refractivity contribution in [3.05, 3.63) is 35.9 Å². The Morgan fingerprint density at radius 3 is 2.54 bits per heavy atom. The van der Waals surface area contributed by atoms with E-state index in [9.17, 15) is 13.2 Å². The molecule has 2 heterocycles. The third-order valence-corrected chi connectivity index (χ3v) is 6.11. The van der Waals surface area contributed by atoms with Crippen LogP contribution in [0.2, 0.25) is 0 Å². The van der Waals surface area contributed by atoms with Crippen molar-refractivity contribution in [3.8, 4) is 0 Å². The summed E-state index contributed by atoms with van der Waals surface area (Å²) in [6, 6.07) is 10.4.